The van der Waals surface area contributed by atoms with Crippen molar-refractivity contribution in [3.8, 4) is 0 Å². The standard InChI is InChI=1S/C18H21N7O.C2H6/c19-14-9-22-18-13(5-6-21-18)25(14)16(20)12-2-1-10(7-12)8-15-23-17(24-26-15)11-3-4-11;1-2/h5-6,9-12,19-21H,1-4,7-8H2;1-2H3/t10?,12-;/m1./s1. The van der Waals surface area contributed by atoms with Gasteiger partial charge in [-0.1, -0.05) is 19.0 Å². The van der Waals surface area contributed by atoms with E-state index in [1.807, 2.05) is 19.9 Å². The van der Waals surface area contributed by atoms with Gasteiger partial charge in [0.15, 0.2) is 11.5 Å². The Balaban J connectivity index is 0.000000932. The average molecular weight is 381 g/mol. The van der Waals surface area contributed by atoms with Gasteiger partial charge in [0.05, 0.1) is 11.7 Å². The summed E-state index contributed by atoms with van der Waals surface area (Å²) in [6.45, 7) is 4.00. The summed E-state index contributed by atoms with van der Waals surface area (Å²) in [7, 11) is 0. The van der Waals surface area contributed by atoms with Crippen molar-refractivity contribution < 1.29 is 4.52 Å². The number of aromatic amines is 1. The Labute approximate surface area is 163 Å². The predicted molar refractivity (Wildman–Crippen MR) is 105 cm³/mol. The number of fused-ring (bicyclic) bond motifs is 1. The smallest absolute Gasteiger partial charge is 0.226 e. The van der Waals surface area contributed by atoms with Crippen LogP contribution in [-0.4, -0.2) is 30.5 Å². The van der Waals surface area contributed by atoms with Crippen LogP contribution in [0.4, 0.5) is 0 Å². The number of hydrogen-bond acceptors (Lipinski definition) is 6. The molecule has 0 saturated heterocycles. The first-order valence-electron chi connectivity index (χ1n) is 10.2. The van der Waals surface area contributed by atoms with Gasteiger partial charge in [-0.15, -0.1) is 0 Å². The summed E-state index contributed by atoms with van der Waals surface area (Å²) < 4.78 is 7.11. The highest BCUT2D eigenvalue weighted by molar-refractivity contribution is 5.91. The van der Waals surface area contributed by atoms with Crippen molar-refractivity contribution in [2.45, 2.75) is 58.3 Å². The lowest BCUT2D eigenvalue weighted by Gasteiger charge is -2.16. The second kappa shape index (κ2) is 7.69. The predicted octanol–water partition coefficient (Wildman–Crippen LogP) is 3.61. The number of H-pyrrole nitrogens is 1. The normalized spacial score (nSPS) is 21.5. The molecule has 3 heterocycles. The molecule has 8 nitrogen and oxygen atoms in total. The van der Waals surface area contributed by atoms with Crippen LogP contribution in [0.3, 0.4) is 0 Å². The Morgan fingerprint density at radius 2 is 2.11 bits per heavy atom. The minimum absolute atomic E-state index is 0.139. The van der Waals surface area contributed by atoms with Gasteiger partial charge in [0.1, 0.15) is 11.3 Å². The fourth-order valence-electron chi connectivity index (χ4n) is 4.01. The van der Waals surface area contributed by atoms with Crippen LogP contribution >= 0.6 is 0 Å². The van der Waals surface area contributed by atoms with Crippen LogP contribution in [0.5, 0.6) is 0 Å². The van der Waals surface area contributed by atoms with E-state index in [1.54, 1.807) is 10.8 Å². The molecular formula is C20H27N7O. The van der Waals surface area contributed by atoms with E-state index in [4.69, 9.17) is 15.3 Å². The van der Waals surface area contributed by atoms with E-state index in [1.165, 1.54) is 19.0 Å². The Morgan fingerprint density at radius 3 is 2.89 bits per heavy atom. The molecule has 2 saturated carbocycles. The van der Waals surface area contributed by atoms with Crippen molar-refractivity contribution in [1.29, 1.82) is 10.8 Å². The van der Waals surface area contributed by atoms with Gasteiger partial charge < -0.3 is 9.51 Å². The Hall–Kier alpha value is -2.77. The van der Waals surface area contributed by atoms with Crippen molar-refractivity contribution in [3.63, 3.8) is 0 Å². The molecule has 2 aliphatic rings. The van der Waals surface area contributed by atoms with Crippen molar-refractivity contribution in [2.24, 2.45) is 11.8 Å². The van der Waals surface area contributed by atoms with Crippen molar-refractivity contribution in [3.05, 3.63) is 35.7 Å². The third-order valence-electron chi connectivity index (χ3n) is 5.56. The quantitative estimate of drug-likeness (QED) is 0.472. The summed E-state index contributed by atoms with van der Waals surface area (Å²) in [5, 5.41) is 20.9. The summed E-state index contributed by atoms with van der Waals surface area (Å²) >= 11 is 0. The van der Waals surface area contributed by atoms with Gasteiger partial charge in [-0.05, 0) is 44.1 Å². The molecule has 28 heavy (non-hydrogen) atoms. The van der Waals surface area contributed by atoms with Gasteiger partial charge in [-0.3, -0.25) is 15.4 Å². The maximum Gasteiger partial charge on any atom is 0.226 e. The maximum absolute atomic E-state index is 8.68. The molecule has 0 aliphatic heterocycles. The molecule has 0 spiro atoms. The van der Waals surface area contributed by atoms with Gasteiger partial charge in [-0.25, -0.2) is 4.98 Å². The molecule has 5 rings (SSSR count). The summed E-state index contributed by atoms with van der Waals surface area (Å²) in [6, 6.07) is 1.87. The van der Waals surface area contributed by atoms with Gasteiger partial charge >= 0.3 is 0 Å². The van der Waals surface area contributed by atoms with Gasteiger partial charge in [0.25, 0.3) is 0 Å². The molecule has 8 heteroatoms. The lowest BCUT2D eigenvalue weighted by Crippen LogP contribution is -2.31. The zero-order valence-corrected chi connectivity index (χ0v) is 16.4. The Bertz CT molecular complexity index is 1030. The second-order valence-electron chi connectivity index (χ2n) is 7.48. The third kappa shape index (κ3) is 3.50. The summed E-state index contributed by atoms with van der Waals surface area (Å²) in [4.78, 5) is 11.8. The molecule has 3 N–H and O–H groups in total. The van der Waals surface area contributed by atoms with Gasteiger partial charge in [0, 0.05) is 24.5 Å². The van der Waals surface area contributed by atoms with E-state index in [-0.39, 0.29) is 11.4 Å². The number of hydrogen-bond donors (Lipinski definition) is 3. The summed E-state index contributed by atoms with van der Waals surface area (Å²) in [5.41, 5.74) is 1.74. The van der Waals surface area contributed by atoms with Crippen LogP contribution in [0.1, 0.15) is 63.6 Å². The van der Waals surface area contributed by atoms with Gasteiger partial charge in [0.2, 0.25) is 5.89 Å². The minimum Gasteiger partial charge on any atom is -0.345 e. The van der Waals surface area contributed by atoms with E-state index >= 15 is 0 Å². The zero-order valence-electron chi connectivity index (χ0n) is 16.4. The second-order valence-corrected chi connectivity index (χ2v) is 7.48. The fourth-order valence-corrected chi connectivity index (χ4v) is 4.01. The number of nitrogens with zero attached hydrogens (tertiary/aromatic N) is 4. The molecule has 0 aromatic carbocycles. The number of rotatable bonds is 4. The topological polar surface area (TPSA) is 120 Å². The van der Waals surface area contributed by atoms with E-state index < -0.39 is 0 Å². The van der Waals surface area contributed by atoms with E-state index in [9.17, 15) is 0 Å². The van der Waals surface area contributed by atoms with Crippen molar-refractivity contribution in [1.82, 2.24) is 24.7 Å². The lowest BCUT2D eigenvalue weighted by molar-refractivity contribution is 0.348. The highest BCUT2D eigenvalue weighted by atomic mass is 16.5. The molecular weight excluding hydrogens is 354 g/mol. The maximum atomic E-state index is 8.68. The van der Waals surface area contributed by atoms with Crippen LogP contribution in [-0.2, 0) is 6.42 Å². The molecule has 2 fully saturated rings. The van der Waals surface area contributed by atoms with E-state index in [2.05, 4.69) is 20.1 Å². The Kier molecular flexibility index (Phi) is 5.11. The third-order valence-corrected chi connectivity index (χ3v) is 5.56. The SMILES string of the molecule is CC.N=C([C@@H]1CCC(Cc2nc(C3CC3)no2)C1)n1c(=N)cnc2[nH]ccc21. The number of nitrogens with one attached hydrogen (secondary N) is 3. The van der Waals surface area contributed by atoms with Crippen molar-refractivity contribution in [2.75, 3.05) is 0 Å². The first kappa shape index (κ1) is 18.6. The van der Waals surface area contributed by atoms with Crippen LogP contribution in [0.2, 0.25) is 0 Å². The monoisotopic (exact) mass is 381 g/mol. The first-order chi connectivity index (χ1) is 13.7. The molecule has 0 radical (unpaired) electrons. The molecule has 3 aromatic heterocycles. The van der Waals surface area contributed by atoms with Crippen molar-refractivity contribution >= 4 is 17.0 Å². The van der Waals surface area contributed by atoms with E-state index in [0.717, 1.165) is 42.9 Å². The molecule has 0 bridgehead atoms. The fraction of sp³-hybridized carbons (Fsp3) is 0.550. The van der Waals surface area contributed by atoms with E-state index in [0.29, 0.717) is 23.3 Å². The molecule has 3 aromatic rings. The van der Waals surface area contributed by atoms with Crippen LogP contribution in [0.15, 0.2) is 23.0 Å². The molecule has 2 atom stereocenters. The molecule has 148 valence electrons. The van der Waals surface area contributed by atoms with Gasteiger partial charge in [-0.2, -0.15) is 4.98 Å². The van der Waals surface area contributed by atoms with Crippen LogP contribution < -0.4 is 5.49 Å². The largest absolute Gasteiger partial charge is 0.345 e. The average Bonchev–Trinajstić information content (AvgIpc) is 3.11. The zero-order chi connectivity index (χ0) is 19.7. The summed E-state index contributed by atoms with van der Waals surface area (Å²) in [5.74, 6) is 3.18. The minimum atomic E-state index is 0.139. The molecule has 1 unspecified atom stereocenters. The molecule has 2 aliphatic carbocycles. The van der Waals surface area contributed by atoms with Crippen LogP contribution in [0, 0.1) is 22.7 Å². The number of aromatic nitrogens is 5. The Morgan fingerprint density at radius 1 is 1.29 bits per heavy atom. The first-order valence-corrected chi connectivity index (χ1v) is 10.2. The van der Waals surface area contributed by atoms with Crippen LogP contribution in [0.25, 0.3) is 11.2 Å². The highest BCUT2D eigenvalue weighted by Gasteiger charge is 2.32. The lowest BCUT2D eigenvalue weighted by atomic mass is 10.0. The highest BCUT2D eigenvalue weighted by Crippen LogP contribution is 2.39. The summed E-state index contributed by atoms with van der Waals surface area (Å²) in [6.07, 6.45) is 9.35. The molecule has 0 amide bonds.